The molecule has 3 rings (SSSR count). The third-order valence-electron chi connectivity index (χ3n) is 3.75. The van der Waals surface area contributed by atoms with E-state index in [0.29, 0.717) is 12.6 Å². The summed E-state index contributed by atoms with van der Waals surface area (Å²) in [4.78, 5) is 0. The van der Waals surface area contributed by atoms with E-state index < -0.39 is 0 Å². The lowest BCUT2D eigenvalue weighted by molar-refractivity contribution is 0.252. The van der Waals surface area contributed by atoms with E-state index in [4.69, 9.17) is 9.47 Å². The van der Waals surface area contributed by atoms with E-state index in [1.807, 2.05) is 31.2 Å². The summed E-state index contributed by atoms with van der Waals surface area (Å²) in [5.41, 5.74) is 2.53. The van der Waals surface area contributed by atoms with Crippen LogP contribution in [0.25, 0.3) is 0 Å². The maximum Gasteiger partial charge on any atom is 0.124 e. The van der Waals surface area contributed by atoms with Gasteiger partial charge in [0, 0.05) is 24.6 Å². The van der Waals surface area contributed by atoms with Gasteiger partial charge in [-0.3, -0.25) is 0 Å². The first-order valence-corrected chi connectivity index (χ1v) is 7.53. The molecule has 110 valence electrons. The summed E-state index contributed by atoms with van der Waals surface area (Å²) in [6, 6.07) is 16.9. The van der Waals surface area contributed by atoms with Crippen LogP contribution in [0.15, 0.2) is 48.5 Å². The Morgan fingerprint density at radius 1 is 1.14 bits per heavy atom. The van der Waals surface area contributed by atoms with Crippen LogP contribution in [0.3, 0.4) is 0 Å². The summed E-state index contributed by atoms with van der Waals surface area (Å²) in [5.74, 6) is 1.94. The van der Waals surface area contributed by atoms with E-state index in [-0.39, 0.29) is 0 Å². The molecule has 0 saturated heterocycles. The molecule has 1 heterocycles. The minimum atomic E-state index is 0.363. The summed E-state index contributed by atoms with van der Waals surface area (Å²) < 4.78 is 11.2. The molecule has 0 bridgehead atoms. The van der Waals surface area contributed by atoms with Crippen molar-refractivity contribution in [3.63, 3.8) is 0 Å². The zero-order chi connectivity index (χ0) is 14.5. The standard InChI is InChI=1S/C18H21NO2/c1-2-20-15-9-7-14(8-10-15)13-19-17-11-12-21-18-6-4-3-5-16(17)18/h3-10,17,19H,2,11-13H2,1H3. The van der Waals surface area contributed by atoms with E-state index in [1.165, 1.54) is 11.1 Å². The molecule has 1 N–H and O–H groups in total. The van der Waals surface area contributed by atoms with E-state index in [2.05, 4.69) is 29.6 Å². The molecule has 0 amide bonds. The Kier molecular flexibility index (Phi) is 4.41. The van der Waals surface area contributed by atoms with Gasteiger partial charge >= 0.3 is 0 Å². The lowest BCUT2D eigenvalue weighted by Crippen LogP contribution is -2.26. The summed E-state index contributed by atoms with van der Waals surface area (Å²) >= 11 is 0. The molecule has 2 aromatic rings. The minimum absolute atomic E-state index is 0.363. The third kappa shape index (κ3) is 3.37. The van der Waals surface area contributed by atoms with E-state index in [1.54, 1.807) is 0 Å². The van der Waals surface area contributed by atoms with Crippen molar-refractivity contribution in [2.45, 2.75) is 25.9 Å². The molecular formula is C18H21NO2. The van der Waals surface area contributed by atoms with Gasteiger partial charge in [0.25, 0.3) is 0 Å². The fraction of sp³-hybridized carbons (Fsp3) is 0.333. The number of rotatable bonds is 5. The van der Waals surface area contributed by atoms with Crippen molar-refractivity contribution in [1.82, 2.24) is 5.32 Å². The molecule has 0 saturated carbocycles. The Hall–Kier alpha value is -2.00. The fourth-order valence-corrected chi connectivity index (χ4v) is 2.67. The Balaban J connectivity index is 1.63. The molecular weight excluding hydrogens is 262 g/mol. The quantitative estimate of drug-likeness (QED) is 0.907. The molecule has 2 aromatic carbocycles. The van der Waals surface area contributed by atoms with Gasteiger partial charge in [-0.05, 0) is 30.7 Å². The Bertz CT molecular complexity index is 580. The molecule has 21 heavy (non-hydrogen) atoms. The minimum Gasteiger partial charge on any atom is -0.494 e. The highest BCUT2D eigenvalue weighted by atomic mass is 16.5. The fourth-order valence-electron chi connectivity index (χ4n) is 2.67. The smallest absolute Gasteiger partial charge is 0.124 e. The monoisotopic (exact) mass is 283 g/mol. The van der Waals surface area contributed by atoms with Gasteiger partial charge in [-0.15, -0.1) is 0 Å². The van der Waals surface area contributed by atoms with Gasteiger partial charge in [-0.2, -0.15) is 0 Å². The van der Waals surface area contributed by atoms with Gasteiger partial charge < -0.3 is 14.8 Å². The number of benzene rings is 2. The van der Waals surface area contributed by atoms with Crippen LogP contribution in [-0.2, 0) is 6.54 Å². The van der Waals surface area contributed by atoms with Crippen LogP contribution in [0.5, 0.6) is 11.5 Å². The highest BCUT2D eigenvalue weighted by Crippen LogP contribution is 2.31. The number of fused-ring (bicyclic) bond motifs is 1. The van der Waals surface area contributed by atoms with Crippen LogP contribution >= 0.6 is 0 Å². The maximum atomic E-state index is 5.69. The molecule has 0 aromatic heterocycles. The number of hydrogen-bond donors (Lipinski definition) is 1. The van der Waals surface area contributed by atoms with Crippen molar-refractivity contribution in [3.05, 3.63) is 59.7 Å². The maximum absolute atomic E-state index is 5.69. The molecule has 0 radical (unpaired) electrons. The summed E-state index contributed by atoms with van der Waals surface area (Å²) in [5, 5.41) is 3.62. The largest absolute Gasteiger partial charge is 0.494 e. The van der Waals surface area contributed by atoms with Crippen molar-refractivity contribution < 1.29 is 9.47 Å². The van der Waals surface area contributed by atoms with E-state index >= 15 is 0 Å². The molecule has 1 aliphatic heterocycles. The SMILES string of the molecule is CCOc1ccc(CNC2CCOc3ccccc32)cc1. The number of hydrogen-bond acceptors (Lipinski definition) is 3. The Morgan fingerprint density at radius 3 is 2.76 bits per heavy atom. The van der Waals surface area contributed by atoms with Gasteiger partial charge in [-0.25, -0.2) is 0 Å². The molecule has 0 fully saturated rings. The van der Waals surface area contributed by atoms with Crippen LogP contribution in [0.4, 0.5) is 0 Å². The highest BCUT2D eigenvalue weighted by molar-refractivity contribution is 5.37. The van der Waals surface area contributed by atoms with Gasteiger partial charge in [0.15, 0.2) is 0 Å². The first-order valence-electron chi connectivity index (χ1n) is 7.53. The normalized spacial score (nSPS) is 16.9. The highest BCUT2D eigenvalue weighted by Gasteiger charge is 2.20. The number of para-hydroxylation sites is 1. The van der Waals surface area contributed by atoms with Crippen molar-refractivity contribution in [1.29, 1.82) is 0 Å². The summed E-state index contributed by atoms with van der Waals surface area (Å²) in [6.45, 7) is 4.33. The van der Waals surface area contributed by atoms with Crippen molar-refractivity contribution in [3.8, 4) is 11.5 Å². The van der Waals surface area contributed by atoms with Gasteiger partial charge in [0.05, 0.1) is 13.2 Å². The van der Waals surface area contributed by atoms with Gasteiger partial charge in [-0.1, -0.05) is 30.3 Å². The first kappa shape index (κ1) is 14.0. The molecule has 1 atom stereocenters. The van der Waals surface area contributed by atoms with Crippen LogP contribution in [-0.4, -0.2) is 13.2 Å². The van der Waals surface area contributed by atoms with Crippen molar-refractivity contribution in [2.75, 3.05) is 13.2 Å². The second-order valence-electron chi connectivity index (χ2n) is 5.19. The topological polar surface area (TPSA) is 30.5 Å². The molecule has 1 aliphatic rings. The van der Waals surface area contributed by atoms with Crippen molar-refractivity contribution >= 4 is 0 Å². The second-order valence-corrected chi connectivity index (χ2v) is 5.19. The lowest BCUT2D eigenvalue weighted by atomic mass is 10.0. The molecule has 3 heteroatoms. The lowest BCUT2D eigenvalue weighted by Gasteiger charge is -2.26. The third-order valence-corrected chi connectivity index (χ3v) is 3.75. The predicted octanol–water partition coefficient (Wildman–Crippen LogP) is 3.70. The second kappa shape index (κ2) is 6.64. The van der Waals surface area contributed by atoms with Crippen LogP contribution < -0.4 is 14.8 Å². The van der Waals surface area contributed by atoms with Crippen molar-refractivity contribution in [2.24, 2.45) is 0 Å². The molecule has 0 spiro atoms. The van der Waals surface area contributed by atoms with E-state index in [9.17, 15) is 0 Å². The molecule has 1 unspecified atom stereocenters. The molecule has 3 nitrogen and oxygen atoms in total. The average molecular weight is 283 g/mol. The molecule has 0 aliphatic carbocycles. The predicted molar refractivity (Wildman–Crippen MR) is 83.7 cm³/mol. The first-order chi connectivity index (χ1) is 10.4. The summed E-state index contributed by atoms with van der Waals surface area (Å²) in [7, 11) is 0. The zero-order valence-electron chi connectivity index (χ0n) is 12.3. The van der Waals surface area contributed by atoms with Gasteiger partial charge in [0.2, 0.25) is 0 Å². The van der Waals surface area contributed by atoms with E-state index in [0.717, 1.165) is 31.1 Å². The Morgan fingerprint density at radius 2 is 1.95 bits per heavy atom. The van der Waals surface area contributed by atoms with Crippen LogP contribution in [0.2, 0.25) is 0 Å². The average Bonchev–Trinajstić information content (AvgIpc) is 2.54. The zero-order valence-corrected chi connectivity index (χ0v) is 12.3. The number of nitrogens with one attached hydrogen (secondary N) is 1. The van der Waals surface area contributed by atoms with Crippen LogP contribution in [0, 0.1) is 0 Å². The summed E-state index contributed by atoms with van der Waals surface area (Å²) in [6.07, 6.45) is 1.01. The van der Waals surface area contributed by atoms with Crippen LogP contribution in [0.1, 0.15) is 30.5 Å². The Labute approximate surface area is 125 Å². The van der Waals surface area contributed by atoms with Gasteiger partial charge in [0.1, 0.15) is 11.5 Å². The number of ether oxygens (including phenoxy) is 2.